The van der Waals surface area contributed by atoms with Gasteiger partial charge in [-0.1, -0.05) is 12.8 Å². The van der Waals surface area contributed by atoms with E-state index < -0.39 is 0 Å². The third-order valence-electron chi connectivity index (χ3n) is 4.55. The molecule has 0 heterocycles. The first kappa shape index (κ1) is 13.8. The Morgan fingerprint density at radius 1 is 1.44 bits per heavy atom. The SMILES string of the molecule is COCCC1(C(=O)NCC(N)C2CC2)CCCC1. The Morgan fingerprint density at radius 2 is 2.11 bits per heavy atom. The van der Waals surface area contributed by atoms with Crippen LogP contribution < -0.4 is 11.1 Å². The lowest BCUT2D eigenvalue weighted by molar-refractivity contribution is -0.132. The van der Waals surface area contributed by atoms with Crippen LogP contribution in [0.3, 0.4) is 0 Å². The van der Waals surface area contributed by atoms with Gasteiger partial charge in [-0.25, -0.2) is 0 Å². The van der Waals surface area contributed by atoms with Crippen LogP contribution >= 0.6 is 0 Å². The highest BCUT2D eigenvalue weighted by molar-refractivity contribution is 5.82. The van der Waals surface area contributed by atoms with Gasteiger partial charge in [0.05, 0.1) is 5.41 Å². The van der Waals surface area contributed by atoms with Crippen molar-refractivity contribution in [3.63, 3.8) is 0 Å². The van der Waals surface area contributed by atoms with Crippen LogP contribution in [0, 0.1) is 11.3 Å². The van der Waals surface area contributed by atoms with E-state index in [-0.39, 0.29) is 17.4 Å². The number of rotatable bonds is 7. The Kier molecular flexibility index (Phi) is 4.62. The zero-order valence-electron chi connectivity index (χ0n) is 11.4. The average molecular weight is 254 g/mol. The number of ether oxygens (including phenoxy) is 1. The first-order chi connectivity index (χ1) is 8.68. The number of carbonyl (C=O) groups is 1. The Hall–Kier alpha value is -0.610. The van der Waals surface area contributed by atoms with E-state index in [1.807, 2.05) is 0 Å². The molecule has 0 bridgehead atoms. The second-order valence-corrected chi connectivity index (χ2v) is 5.94. The minimum atomic E-state index is -0.181. The Balaban J connectivity index is 1.82. The van der Waals surface area contributed by atoms with E-state index in [4.69, 9.17) is 10.5 Å². The average Bonchev–Trinajstić information content (AvgIpc) is 3.12. The summed E-state index contributed by atoms with van der Waals surface area (Å²) in [5, 5.41) is 3.08. The van der Waals surface area contributed by atoms with E-state index in [2.05, 4.69) is 5.32 Å². The summed E-state index contributed by atoms with van der Waals surface area (Å²) in [5.74, 6) is 0.844. The monoisotopic (exact) mass is 254 g/mol. The van der Waals surface area contributed by atoms with Gasteiger partial charge in [0, 0.05) is 26.3 Å². The van der Waals surface area contributed by atoms with E-state index in [0.717, 1.165) is 32.1 Å². The largest absolute Gasteiger partial charge is 0.385 e. The predicted molar refractivity (Wildman–Crippen MR) is 71.1 cm³/mol. The molecule has 2 rings (SSSR count). The number of nitrogens with one attached hydrogen (secondary N) is 1. The lowest BCUT2D eigenvalue weighted by Gasteiger charge is -2.28. The molecule has 0 saturated heterocycles. The highest BCUT2D eigenvalue weighted by Gasteiger charge is 2.41. The molecule has 0 aromatic heterocycles. The van der Waals surface area contributed by atoms with Gasteiger partial charge in [0.15, 0.2) is 0 Å². The van der Waals surface area contributed by atoms with Crippen LogP contribution in [0.15, 0.2) is 0 Å². The van der Waals surface area contributed by atoms with Crippen molar-refractivity contribution in [1.29, 1.82) is 0 Å². The topological polar surface area (TPSA) is 64.3 Å². The zero-order chi connectivity index (χ0) is 13.0. The highest BCUT2D eigenvalue weighted by atomic mass is 16.5. The molecule has 2 aliphatic rings. The summed E-state index contributed by atoms with van der Waals surface area (Å²) in [6.07, 6.45) is 7.62. The van der Waals surface area contributed by atoms with Gasteiger partial charge >= 0.3 is 0 Å². The van der Waals surface area contributed by atoms with Crippen molar-refractivity contribution >= 4 is 5.91 Å². The highest BCUT2D eigenvalue weighted by Crippen LogP contribution is 2.41. The first-order valence-electron chi connectivity index (χ1n) is 7.21. The molecule has 2 fully saturated rings. The van der Waals surface area contributed by atoms with E-state index in [1.54, 1.807) is 7.11 Å². The first-order valence-corrected chi connectivity index (χ1v) is 7.21. The van der Waals surface area contributed by atoms with Gasteiger partial charge in [0.25, 0.3) is 0 Å². The standard InChI is InChI=1S/C14H26N2O2/c1-18-9-8-14(6-2-3-7-14)13(17)16-10-12(15)11-4-5-11/h11-12H,2-10,15H2,1H3,(H,16,17). The molecule has 0 spiro atoms. The molecule has 104 valence electrons. The van der Waals surface area contributed by atoms with Crippen LogP contribution in [0.25, 0.3) is 0 Å². The molecule has 4 heteroatoms. The van der Waals surface area contributed by atoms with Crippen LogP contribution in [0.5, 0.6) is 0 Å². The van der Waals surface area contributed by atoms with Crippen molar-refractivity contribution in [2.45, 2.75) is 51.0 Å². The number of nitrogens with two attached hydrogens (primary N) is 1. The Morgan fingerprint density at radius 3 is 2.67 bits per heavy atom. The lowest BCUT2D eigenvalue weighted by atomic mass is 9.82. The van der Waals surface area contributed by atoms with Crippen LogP contribution in [-0.2, 0) is 9.53 Å². The fraction of sp³-hybridized carbons (Fsp3) is 0.929. The van der Waals surface area contributed by atoms with Gasteiger partial charge in [0.2, 0.25) is 5.91 Å². The van der Waals surface area contributed by atoms with Crippen molar-refractivity contribution in [3.05, 3.63) is 0 Å². The molecule has 0 aromatic rings. The second kappa shape index (κ2) is 6.02. The molecule has 0 radical (unpaired) electrons. The molecule has 0 aromatic carbocycles. The summed E-state index contributed by atoms with van der Waals surface area (Å²) in [7, 11) is 1.70. The maximum atomic E-state index is 12.4. The minimum absolute atomic E-state index is 0.148. The quantitative estimate of drug-likeness (QED) is 0.722. The number of amides is 1. The number of methoxy groups -OCH3 is 1. The number of hydrogen-bond donors (Lipinski definition) is 2. The summed E-state index contributed by atoms with van der Waals surface area (Å²) in [6, 6.07) is 0.148. The molecule has 2 aliphatic carbocycles. The van der Waals surface area contributed by atoms with E-state index in [9.17, 15) is 4.79 Å². The fourth-order valence-corrected chi connectivity index (χ4v) is 3.03. The molecule has 18 heavy (non-hydrogen) atoms. The molecule has 0 aliphatic heterocycles. The van der Waals surface area contributed by atoms with Gasteiger partial charge < -0.3 is 15.8 Å². The lowest BCUT2D eigenvalue weighted by Crippen LogP contribution is -2.45. The molecule has 1 amide bonds. The molecular weight excluding hydrogens is 228 g/mol. The third-order valence-corrected chi connectivity index (χ3v) is 4.55. The summed E-state index contributed by atoms with van der Waals surface area (Å²) < 4.78 is 5.15. The Labute approximate surface area is 110 Å². The van der Waals surface area contributed by atoms with Crippen molar-refractivity contribution in [3.8, 4) is 0 Å². The van der Waals surface area contributed by atoms with Crippen LogP contribution in [-0.4, -0.2) is 32.2 Å². The summed E-state index contributed by atoms with van der Waals surface area (Å²) in [5.41, 5.74) is 5.85. The second-order valence-electron chi connectivity index (χ2n) is 5.94. The van der Waals surface area contributed by atoms with Gasteiger partial charge in [0.1, 0.15) is 0 Å². The van der Waals surface area contributed by atoms with E-state index in [0.29, 0.717) is 19.1 Å². The fourth-order valence-electron chi connectivity index (χ4n) is 3.03. The summed E-state index contributed by atoms with van der Waals surface area (Å²) in [6.45, 7) is 1.31. The van der Waals surface area contributed by atoms with Crippen molar-refractivity contribution in [1.82, 2.24) is 5.32 Å². The normalized spacial score (nSPS) is 23.9. The molecule has 1 atom stereocenters. The summed E-state index contributed by atoms with van der Waals surface area (Å²) in [4.78, 5) is 12.4. The van der Waals surface area contributed by atoms with Crippen molar-refractivity contribution in [2.24, 2.45) is 17.1 Å². The summed E-state index contributed by atoms with van der Waals surface area (Å²) >= 11 is 0. The molecule has 4 nitrogen and oxygen atoms in total. The van der Waals surface area contributed by atoms with Crippen LogP contribution in [0.2, 0.25) is 0 Å². The van der Waals surface area contributed by atoms with Gasteiger partial charge in [-0.3, -0.25) is 4.79 Å². The van der Waals surface area contributed by atoms with Gasteiger partial charge in [-0.15, -0.1) is 0 Å². The van der Waals surface area contributed by atoms with Crippen molar-refractivity contribution in [2.75, 3.05) is 20.3 Å². The van der Waals surface area contributed by atoms with E-state index in [1.165, 1.54) is 12.8 Å². The van der Waals surface area contributed by atoms with Crippen molar-refractivity contribution < 1.29 is 9.53 Å². The minimum Gasteiger partial charge on any atom is -0.385 e. The number of carbonyl (C=O) groups excluding carboxylic acids is 1. The smallest absolute Gasteiger partial charge is 0.226 e. The third kappa shape index (κ3) is 3.23. The molecule has 1 unspecified atom stereocenters. The molecule has 2 saturated carbocycles. The van der Waals surface area contributed by atoms with Gasteiger partial charge in [-0.05, 0) is 38.0 Å². The van der Waals surface area contributed by atoms with Crippen LogP contribution in [0.4, 0.5) is 0 Å². The molecule has 3 N–H and O–H groups in total. The predicted octanol–water partition coefficient (Wildman–Crippen LogP) is 1.44. The Bertz CT molecular complexity index is 284. The van der Waals surface area contributed by atoms with E-state index >= 15 is 0 Å². The maximum Gasteiger partial charge on any atom is 0.226 e. The van der Waals surface area contributed by atoms with Crippen LogP contribution in [0.1, 0.15) is 44.9 Å². The molecular formula is C14H26N2O2. The zero-order valence-corrected chi connectivity index (χ0v) is 11.4. The maximum absolute atomic E-state index is 12.4. The van der Waals surface area contributed by atoms with Gasteiger partial charge in [-0.2, -0.15) is 0 Å². The number of hydrogen-bond acceptors (Lipinski definition) is 3.